The summed E-state index contributed by atoms with van der Waals surface area (Å²) in [7, 11) is 0. The Labute approximate surface area is 176 Å². The van der Waals surface area contributed by atoms with Gasteiger partial charge in [-0.3, -0.25) is 0 Å². The molecule has 1 atom stereocenters. The van der Waals surface area contributed by atoms with E-state index in [0.717, 1.165) is 48.3 Å². The van der Waals surface area contributed by atoms with E-state index in [2.05, 4.69) is 16.7 Å². The van der Waals surface area contributed by atoms with Gasteiger partial charge >= 0.3 is 0 Å². The molecule has 0 amide bonds. The first-order valence-electron chi connectivity index (χ1n) is 10.3. The number of fused-ring (bicyclic) bond motifs is 1. The third-order valence-corrected chi connectivity index (χ3v) is 5.12. The Morgan fingerprint density at radius 3 is 2.20 bits per heavy atom. The summed E-state index contributed by atoms with van der Waals surface area (Å²) in [6.45, 7) is 3.97. The molecule has 0 radical (unpaired) electrons. The summed E-state index contributed by atoms with van der Waals surface area (Å²) in [5, 5.41) is 15.7. The molecule has 0 saturated heterocycles. The van der Waals surface area contributed by atoms with Crippen LogP contribution in [0.4, 0.5) is 14.5 Å². The van der Waals surface area contributed by atoms with E-state index >= 15 is 0 Å². The second-order valence-electron chi connectivity index (χ2n) is 7.35. The van der Waals surface area contributed by atoms with Crippen molar-refractivity contribution in [1.29, 1.82) is 0 Å². The molecule has 0 saturated carbocycles. The van der Waals surface area contributed by atoms with E-state index in [0.29, 0.717) is 0 Å². The number of hydrogen-bond donors (Lipinski definition) is 3. The average molecular weight is 411 g/mol. The summed E-state index contributed by atoms with van der Waals surface area (Å²) in [5.74, 6) is -0.389. The molecule has 1 aliphatic heterocycles. The summed E-state index contributed by atoms with van der Waals surface area (Å²) in [6.07, 6.45) is 1.90. The Morgan fingerprint density at radius 1 is 0.933 bits per heavy atom. The van der Waals surface area contributed by atoms with E-state index in [4.69, 9.17) is 0 Å². The quantitative estimate of drug-likeness (QED) is 0.545. The molecule has 5 heteroatoms. The van der Waals surface area contributed by atoms with E-state index in [9.17, 15) is 13.9 Å². The van der Waals surface area contributed by atoms with E-state index < -0.39 is 0 Å². The third kappa shape index (κ3) is 6.12. The van der Waals surface area contributed by atoms with Gasteiger partial charge in [0.1, 0.15) is 11.6 Å². The monoisotopic (exact) mass is 410 g/mol. The number of aliphatic hydroxyl groups is 1. The summed E-state index contributed by atoms with van der Waals surface area (Å²) in [6, 6.07) is 19.5. The molecule has 3 N–H and O–H groups in total. The van der Waals surface area contributed by atoms with Crippen LogP contribution in [0.5, 0.6) is 0 Å². The van der Waals surface area contributed by atoms with Crippen LogP contribution in [0.15, 0.2) is 66.7 Å². The standard InChI is InChI=1S/C16H16FNO.C9H12FN/c17-14-5-1-11(2-6-14)12-4-8-16-13(9-12)3-7-15(10-19)18-16;1-2-11-7-8-3-5-9(10)6-4-8/h1-2,4-6,8-9,15,18-19H,3,7,10H2;3-6,11H,2,7H2,1H3. The average Bonchev–Trinajstić information content (AvgIpc) is 2.79. The van der Waals surface area contributed by atoms with Gasteiger partial charge in [-0.05, 0) is 78.0 Å². The maximum atomic E-state index is 12.9. The van der Waals surface area contributed by atoms with Gasteiger partial charge in [0, 0.05) is 18.3 Å². The predicted molar refractivity (Wildman–Crippen MR) is 118 cm³/mol. The van der Waals surface area contributed by atoms with Crippen LogP contribution in [0.1, 0.15) is 24.5 Å². The van der Waals surface area contributed by atoms with Crippen LogP contribution in [-0.4, -0.2) is 24.3 Å². The molecule has 4 rings (SSSR count). The van der Waals surface area contributed by atoms with Gasteiger partial charge in [0.25, 0.3) is 0 Å². The van der Waals surface area contributed by atoms with E-state index in [-0.39, 0.29) is 24.3 Å². The van der Waals surface area contributed by atoms with Crippen molar-refractivity contribution < 1.29 is 13.9 Å². The summed E-state index contributed by atoms with van der Waals surface area (Å²) < 4.78 is 25.3. The minimum absolute atomic E-state index is 0.157. The van der Waals surface area contributed by atoms with Crippen molar-refractivity contribution in [3.8, 4) is 11.1 Å². The predicted octanol–water partition coefficient (Wildman–Crippen LogP) is 5.15. The molecule has 0 fully saturated rings. The second kappa shape index (κ2) is 10.9. The SMILES string of the molecule is CCNCc1ccc(F)cc1.OCC1CCc2cc(-c3ccc(F)cc3)ccc2N1. The zero-order valence-electron chi connectivity index (χ0n) is 17.2. The third-order valence-electron chi connectivity index (χ3n) is 5.12. The lowest BCUT2D eigenvalue weighted by atomic mass is 9.94. The number of anilines is 1. The highest BCUT2D eigenvalue weighted by Crippen LogP contribution is 2.30. The molecule has 3 aromatic rings. The smallest absolute Gasteiger partial charge is 0.123 e. The minimum Gasteiger partial charge on any atom is -0.394 e. The number of aliphatic hydroxyl groups excluding tert-OH is 1. The van der Waals surface area contributed by atoms with Gasteiger partial charge in [-0.15, -0.1) is 0 Å². The molecule has 3 aromatic carbocycles. The van der Waals surface area contributed by atoms with Crippen LogP contribution in [-0.2, 0) is 13.0 Å². The van der Waals surface area contributed by atoms with E-state index in [1.807, 2.05) is 19.1 Å². The van der Waals surface area contributed by atoms with Crippen molar-refractivity contribution >= 4 is 5.69 Å². The van der Waals surface area contributed by atoms with Crippen molar-refractivity contribution in [2.45, 2.75) is 32.4 Å². The Morgan fingerprint density at radius 2 is 1.57 bits per heavy atom. The molecule has 1 unspecified atom stereocenters. The van der Waals surface area contributed by atoms with Gasteiger partial charge < -0.3 is 15.7 Å². The summed E-state index contributed by atoms with van der Waals surface area (Å²) in [4.78, 5) is 0. The number of hydrogen-bond acceptors (Lipinski definition) is 3. The normalized spacial score (nSPS) is 14.9. The zero-order valence-corrected chi connectivity index (χ0v) is 17.2. The molecule has 3 nitrogen and oxygen atoms in total. The summed E-state index contributed by atoms with van der Waals surface area (Å²) in [5.41, 5.74) is 5.59. The molecule has 0 spiro atoms. The van der Waals surface area contributed by atoms with Crippen molar-refractivity contribution in [2.24, 2.45) is 0 Å². The van der Waals surface area contributed by atoms with Crippen molar-refractivity contribution in [3.05, 3.63) is 89.5 Å². The molecule has 1 heterocycles. The highest BCUT2D eigenvalue weighted by molar-refractivity contribution is 5.69. The number of rotatable bonds is 5. The van der Waals surface area contributed by atoms with Crippen molar-refractivity contribution in [1.82, 2.24) is 5.32 Å². The van der Waals surface area contributed by atoms with Crippen LogP contribution in [0.3, 0.4) is 0 Å². The van der Waals surface area contributed by atoms with Gasteiger partial charge in [0.15, 0.2) is 0 Å². The number of halogens is 2. The topological polar surface area (TPSA) is 44.3 Å². The zero-order chi connectivity index (χ0) is 21.3. The van der Waals surface area contributed by atoms with Crippen LogP contribution in [0, 0.1) is 11.6 Å². The maximum absolute atomic E-state index is 12.9. The fourth-order valence-electron chi connectivity index (χ4n) is 3.39. The minimum atomic E-state index is -0.214. The first kappa shape index (κ1) is 21.9. The number of nitrogens with one attached hydrogen (secondary N) is 2. The Hall–Kier alpha value is -2.76. The molecule has 158 valence electrons. The van der Waals surface area contributed by atoms with E-state index in [1.165, 1.54) is 29.8 Å². The molecule has 1 aliphatic rings. The molecule has 0 aromatic heterocycles. The second-order valence-corrected chi connectivity index (χ2v) is 7.35. The Kier molecular flexibility index (Phi) is 7.94. The molecule has 0 aliphatic carbocycles. The van der Waals surface area contributed by atoms with Gasteiger partial charge in [-0.25, -0.2) is 8.78 Å². The van der Waals surface area contributed by atoms with Crippen LogP contribution < -0.4 is 10.6 Å². The lowest BCUT2D eigenvalue weighted by molar-refractivity contribution is 0.267. The Balaban J connectivity index is 0.000000199. The van der Waals surface area contributed by atoms with Gasteiger partial charge in [-0.1, -0.05) is 37.3 Å². The molecular formula is C25H28F2N2O. The maximum Gasteiger partial charge on any atom is 0.123 e. The van der Waals surface area contributed by atoms with E-state index in [1.54, 1.807) is 24.3 Å². The lowest BCUT2D eigenvalue weighted by Crippen LogP contribution is -2.28. The van der Waals surface area contributed by atoms with Gasteiger partial charge in [0.05, 0.1) is 6.61 Å². The number of aryl methyl sites for hydroxylation is 1. The van der Waals surface area contributed by atoms with Gasteiger partial charge in [-0.2, -0.15) is 0 Å². The molecule has 30 heavy (non-hydrogen) atoms. The highest BCUT2D eigenvalue weighted by atomic mass is 19.1. The van der Waals surface area contributed by atoms with Crippen LogP contribution in [0.25, 0.3) is 11.1 Å². The summed E-state index contributed by atoms with van der Waals surface area (Å²) >= 11 is 0. The lowest BCUT2D eigenvalue weighted by Gasteiger charge is -2.26. The largest absolute Gasteiger partial charge is 0.394 e. The van der Waals surface area contributed by atoms with Gasteiger partial charge in [0.2, 0.25) is 0 Å². The Bertz CT molecular complexity index is 927. The first-order chi connectivity index (χ1) is 14.6. The number of benzene rings is 3. The molecular weight excluding hydrogens is 382 g/mol. The van der Waals surface area contributed by atoms with Crippen molar-refractivity contribution in [3.63, 3.8) is 0 Å². The fraction of sp³-hybridized carbons (Fsp3) is 0.280. The highest BCUT2D eigenvalue weighted by Gasteiger charge is 2.17. The van der Waals surface area contributed by atoms with Crippen molar-refractivity contribution in [2.75, 3.05) is 18.5 Å². The fourth-order valence-corrected chi connectivity index (χ4v) is 3.39. The van der Waals surface area contributed by atoms with Crippen LogP contribution in [0.2, 0.25) is 0 Å². The first-order valence-corrected chi connectivity index (χ1v) is 10.3. The van der Waals surface area contributed by atoms with Crippen LogP contribution >= 0.6 is 0 Å². The molecule has 0 bridgehead atoms.